The Hall–Kier alpha value is -4.00. The fourth-order valence-corrected chi connectivity index (χ4v) is 4.96. The van der Waals surface area contributed by atoms with Crippen molar-refractivity contribution in [1.82, 2.24) is 29.4 Å². The van der Waals surface area contributed by atoms with Gasteiger partial charge in [0.1, 0.15) is 28.8 Å². The second-order valence-corrected chi connectivity index (χ2v) is 9.03. The highest BCUT2D eigenvalue weighted by atomic mass is 35.5. The van der Waals surface area contributed by atoms with Crippen LogP contribution in [0.4, 0.5) is 0 Å². The van der Waals surface area contributed by atoms with Gasteiger partial charge in [-0.3, -0.25) is 23.6 Å². The predicted octanol–water partition coefficient (Wildman–Crippen LogP) is 2.93. The second kappa shape index (κ2) is 8.98. The Balaban J connectivity index is 0.000000234. The van der Waals surface area contributed by atoms with E-state index in [1.54, 1.807) is 40.7 Å². The minimum atomic E-state index is 0.190. The summed E-state index contributed by atoms with van der Waals surface area (Å²) in [6.45, 7) is 1.04. The highest BCUT2D eigenvalue weighted by molar-refractivity contribution is 6.32. The molecule has 2 unspecified atom stereocenters. The molecule has 3 aromatic heterocycles. The molecule has 2 saturated heterocycles. The second-order valence-electron chi connectivity index (χ2n) is 8.68. The first-order chi connectivity index (χ1) is 16.9. The number of aldehydes is 1. The van der Waals surface area contributed by atoms with Crippen molar-refractivity contribution in [1.29, 1.82) is 5.26 Å². The Morgan fingerprint density at radius 2 is 1.97 bits per heavy atom. The van der Waals surface area contributed by atoms with Crippen molar-refractivity contribution in [2.24, 2.45) is 7.05 Å². The molecule has 1 N–H and O–H groups in total. The molecule has 0 radical (unpaired) electrons. The van der Waals surface area contributed by atoms with Crippen molar-refractivity contribution in [3.8, 4) is 28.5 Å². The molecular weight excluding hydrogens is 466 g/mol. The third-order valence-electron chi connectivity index (χ3n) is 6.33. The smallest absolute Gasteiger partial charge is 0.237 e. The highest BCUT2D eigenvalue weighted by Crippen LogP contribution is 2.37. The lowest BCUT2D eigenvalue weighted by Gasteiger charge is -2.20. The molecule has 2 aliphatic rings. The van der Waals surface area contributed by atoms with Crippen LogP contribution in [0.3, 0.4) is 0 Å². The topological polar surface area (TPSA) is 108 Å². The van der Waals surface area contributed by atoms with Crippen LogP contribution < -0.4 is 5.32 Å². The zero-order chi connectivity index (χ0) is 24.7. The maximum Gasteiger partial charge on any atom is 0.237 e. The molecule has 5 heterocycles. The Kier molecular flexibility index (Phi) is 5.84. The lowest BCUT2D eigenvalue weighted by Crippen LogP contribution is -2.45. The maximum atomic E-state index is 11.0. The molecular formula is C25H22ClN7O2. The van der Waals surface area contributed by atoms with E-state index in [4.69, 9.17) is 11.6 Å². The molecule has 1 amide bonds. The van der Waals surface area contributed by atoms with Gasteiger partial charge in [0.25, 0.3) is 0 Å². The number of carbonyl (C=O) groups is 2. The number of likely N-dealkylation sites (tertiary alicyclic amines) is 1. The number of benzene rings is 1. The number of nitrogens with zero attached hydrogens (tertiary/aromatic N) is 6. The van der Waals surface area contributed by atoms with Crippen LogP contribution in [0.5, 0.6) is 0 Å². The summed E-state index contributed by atoms with van der Waals surface area (Å²) in [5.41, 5.74) is 4.35. The van der Waals surface area contributed by atoms with Crippen LogP contribution in [0, 0.1) is 11.3 Å². The van der Waals surface area contributed by atoms with Crippen molar-refractivity contribution < 1.29 is 9.59 Å². The Bertz CT molecular complexity index is 1500. The molecule has 2 fully saturated rings. The van der Waals surface area contributed by atoms with Crippen LogP contribution in [-0.4, -0.2) is 61.9 Å². The van der Waals surface area contributed by atoms with E-state index in [0.29, 0.717) is 39.4 Å². The summed E-state index contributed by atoms with van der Waals surface area (Å²) in [6.07, 6.45) is 5.30. The van der Waals surface area contributed by atoms with Crippen LogP contribution in [0.25, 0.3) is 28.0 Å². The molecule has 10 heteroatoms. The van der Waals surface area contributed by atoms with Crippen LogP contribution in [0.2, 0.25) is 5.15 Å². The molecule has 2 atom stereocenters. The van der Waals surface area contributed by atoms with Gasteiger partial charge in [0, 0.05) is 48.7 Å². The molecule has 9 nitrogen and oxygen atoms in total. The van der Waals surface area contributed by atoms with Crippen molar-refractivity contribution >= 4 is 29.4 Å². The number of piperazine rings is 1. The zero-order valence-corrected chi connectivity index (χ0v) is 19.9. The number of imidazole rings is 1. The molecule has 1 aromatic carbocycles. The molecule has 2 aliphatic heterocycles. The van der Waals surface area contributed by atoms with Crippen molar-refractivity contribution in [2.45, 2.75) is 18.5 Å². The van der Waals surface area contributed by atoms with Crippen molar-refractivity contribution in [3.05, 3.63) is 65.2 Å². The lowest BCUT2D eigenvalue weighted by atomic mass is 9.98. The molecule has 6 rings (SSSR count). The monoisotopic (exact) mass is 487 g/mol. The largest absolute Gasteiger partial charge is 0.351 e. The summed E-state index contributed by atoms with van der Waals surface area (Å²) in [7, 11) is 3.77. The summed E-state index contributed by atoms with van der Waals surface area (Å²) in [5, 5.41) is 16.9. The Morgan fingerprint density at radius 3 is 2.60 bits per heavy atom. The van der Waals surface area contributed by atoms with Crippen molar-refractivity contribution in [2.75, 3.05) is 13.6 Å². The number of nitrogens with one attached hydrogen (secondary N) is 1. The van der Waals surface area contributed by atoms with Gasteiger partial charge in [-0.2, -0.15) is 10.4 Å². The Labute approximate surface area is 206 Å². The quantitative estimate of drug-likeness (QED) is 0.445. The number of hydrogen-bond donors (Lipinski definition) is 1. The first kappa shape index (κ1) is 22.8. The molecule has 0 aliphatic carbocycles. The number of likely N-dealkylation sites (N-methyl/N-ethyl adjacent to an activating group) is 1. The number of rotatable bonds is 3. The van der Waals surface area contributed by atoms with Crippen LogP contribution in [0.1, 0.15) is 22.5 Å². The molecule has 4 aromatic rings. The van der Waals surface area contributed by atoms with Crippen molar-refractivity contribution in [3.63, 3.8) is 0 Å². The van der Waals surface area contributed by atoms with E-state index in [1.165, 1.54) is 0 Å². The van der Waals surface area contributed by atoms with E-state index >= 15 is 0 Å². The van der Waals surface area contributed by atoms with Crippen LogP contribution in [0.15, 0.2) is 48.8 Å². The van der Waals surface area contributed by atoms with Gasteiger partial charge in [0.05, 0.1) is 6.04 Å². The average molecular weight is 488 g/mol. The van der Waals surface area contributed by atoms with Crippen LogP contribution >= 0.6 is 11.6 Å². The van der Waals surface area contributed by atoms with Gasteiger partial charge < -0.3 is 5.32 Å². The number of amides is 1. The first-order valence-electron chi connectivity index (χ1n) is 11.1. The Morgan fingerprint density at radius 1 is 1.20 bits per heavy atom. The fourth-order valence-electron chi connectivity index (χ4n) is 4.68. The molecule has 2 bridgehead atoms. The number of nitriles is 1. The van der Waals surface area contributed by atoms with Gasteiger partial charge in [0.15, 0.2) is 5.69 Å². The van der Waals surface area contributed by atoms with Gasteiger partial charge in [0.2, 0.25) is 5.91 Å². The highest BCUT2D eigenvalue weighted by Gasteiger charge is 2.41. The number of pyridine rings is 1. The molecule has 176 valence electrons. The summed E-state index contributed by atoms with van der Waals surface area (Å²) >= 11 is 6.55. The lowest BCUT2D eigenvalue weighted by molar-refractivity contribution is -0.124. The molecule has 0 spiro atoms. The van der Waals surface area contributed by atoms with Crippen LogP contribution in [-0.2, 0) is 11.8 Å². The summed E-state index contributed by atoms with van der Waals surface area (Å²) in [6, 6.07) is 13.7. The van der Waals surface area contributed by atoms with E-state index in [9.17, 15) is 14.9 Å². The van der Waals surface area contributed by atoms with Gasteiger partial charge in [-0.05, 0) is 31.2 Å². The maximum absolute atomic E-state index is 11.0. The molecule has 0 saturated carbocycles. The number of aromatic nitrogens is 4. The fraction of sp³-hybridized carbons (Fsp3) is 0.240. The van der Waals surface area contributed by atoms with Gasteiger partial charge in [-0.1, -0.05) is 35.9 Å². The third kappa shape index (κ3) is 4.07. The third-order valence-corrected chi connectivity index (χ3v) is 6.69. The average Bonchev–Trinajstić information content (AvgIpc) is 3.61. The van der Waals surface area contributed by atoms with E-state index in [0.717, 1.165) is 30.4 Å². The standard InChI is InChI=1S/C19H12ClN5O.C6H10N2O/c1-24-10-15(16(9-21)23-24)13-4-2-3-5-14(13)18-19(20)25-7-6-12(11-26)8-17(25)22-18;1-8-3-4-2-5(8)6(9)7-4/h2-8,10-11H,1H3;4-5H,2-3H2,1H3,(H,7,9). The number of aryl methyl sites for hydroxylation is 1. The minimum Gasteiger partial charge on any atom is -0.351 e. The zero-order valence-electron chi connectivity index (χ0n) is 19.1. The number of fused-ring (bicyclic) bond motifs is 3. The number of hydrogen-bond acceptors (Lipinski definition) is 6. The summed E-state index contributed by atoms with van der Waals surface area (Å²) in [4.78, 5) is 28.6. The predicted molar refractivity (Wildman–Crippen MR) is 131 cm³/mol. The van der Waals surface area contributed by atoms with E-state index in [1.807, 2.05) is 31.3 Å². The van der Waals surface area contributed by atoms with E-state index in [-0.39, 0.29) is 11.9 Å². The van der Waals surface area contributed by atoms with Gasteiger partial charge >= 0.3 is 0 Å². The normalized spacial score (nSPS) is 18.7. The minimum absolute atomic E-state index is 0.190. The number of carbonyl (C=O) groups excluding carboxylic acids is 2. The summed E-state index contributed by atoms with van der Waals surface area (Å²) < 4.78 is 3.32. The van der Waals surface area contributed by atoms with Gasteiger partial charge in [-0.15, -0.1) is 0 Å². The van der Waals surface area contributed by atoms with E-state index < -0.39 is 0 Å². The molecule has 35 heavy (non-hydrogen) atoms. The SMILES string of the molecule is CN1CC2CC1C(=O)N2.Cn1cc(-c2ccccc2-c2nc3cc(C=O)ccn3c2Cl)c(C#N)n1. The van der Waals surface area contributed by atoms with E-state index in [2.05, 4.69) is 26.4 Å². The first-order valence-corrected chi connectivity index (χ1v) is 11.4. The number of halogens is 1. The van der Waals surface area contributed by atoms with Gasteiger partial charge in [-0.25, -0.2) is 4.98 Å². The summed E-state index contributed by atoms with van der Waals surface area (Å²) in [5.74, 6) is 0.216.